The summed E-state index contributed by atoms with van der Waals surface area (Å²) in [7, 11) is 0. The summed E-state index contributed by atoms with van der Waals surface area (Å²) in [5.41, 5.74) is 13.0. The largest absolute Gasteiger partial charge is 0.444 e. The summed E-state index contributed by atoms with van der Waals surface area (Å²) in [6.45, 7) is 7.55. The van der Waals surface area contributed by atoms with Crippen LogP contribution in [0.3, 0.4) is 0 Å². The third-order valence-corrected chi connectivity index (χ3v) is 4.04. The molecule has 1 aliphatic heterocycles. The van der Waals surface area contributed by atoms with E-state index in [9.17, 15) is 9.59 Å². The lowest BCUT2D eigenvalue weighted by Gasteiger charge is -2.27. The minimum absolute atomic E-state index is 0.0463. The van der Waals surface area contributed by atoms with E-state index in [-0.39, 0.29) is 5.84 Å². The Balaban J connectivity index is 2.06. The molecule has 142 valence electrons. The first-order chi connectivity index (χ1) is 12.1. The van der Waals surface area contributed by atoms with Gasteiger partial charge in [-0.3, -0.25) is 4.90 Å². The number of benzene rings is 1. The third kappa shape index (κ3) is 4.65. The first-order valence-corrected chi connectivity index (χ1v) is 8.49. The van der Waals surface area contributed by atoms with Crippen molar-refractivity contribution in [1.82, 2.24) is 4.90 Å². The van der Waals surface area contributed by atoms with Crippen LogP contribution in [0, 0.1) is 6.92 Å². The summed E-state index contributed by atoms with van der Waals surface area (Å²) < 4.78 is 5.33. The van der Waals surface area contributed by atoms with Crippen molar-refractivity contribution in [2.75, 3.05) is 12.3 Å². The number of rotatable bonds is 3. The van der Waals surface area contributed by atoms with E-state index in [2.05, 4.69) is 5.16 Å². The maximum absolute atomic E-state index is 12.4. The van der Waals surface area contributed by atoms with E-state index in [1.807, 2.05) is 0 Å². The van der Waals surface area contributed by atoms with E-state index in [0.717, 1.165) is 5.56 Å². The number of likely N-dealkylation sites (tertiary alicyclic amines) is 1. The van der Waals surface area contributed by atoms with Gasteiger partial charge in [0.1, 0.15) is 11.6 Å². The van der Waals surface area contributed by atoms with Gasteiger partial charge in [-0.2, -0.15) is 0 Å². The Morgan fingerprint density at radius 2 is 2.00 bits per heavy atom. The van der Waals surface area contributed by atoms with Gasteiger partial charge in [-0.1, -0.05) is 17.3 Å². The van der Waals surface area contributed by atoms with Crippen molar-refractivity contribution >= 4 is 23.6 Å². The lowest BCUT2D eigenvalue weighted by atomic mass is 10.1. The highest BCUT2D eigenvalue weighted by Gasteiger charge is 2.38. The molecule has 4 N–H and O–H groups in total. The maximum Gasteiger partial charge on any atom is 0.411 e. The van der Waals surface area contributed by atoms with Gasteiger partial charge in [-0.05, 0) is 52.2 Å². The quantitative estimate of drug-likeness (QED) is 0.279. The monoisotopic (exact) mass is 362 g/mol. The van der Waals surface area contributed by atoms with Gasteiger partial charge in [-0.25, -0.2) is 9.59 Å². The van der Waals surface area contributed by atoms with Gasteiger partial charge in [0, 0.05) is 17.8 Å². The van der Waals surface area contributed by atoms with Gasteiger partial charge in [-0.15, -0.1) is 0 Å². The molecular weight excluding hydrogens is 336 g/mol. The van der Waals surface area contributed by atoms with Crippen LogP contribution in [0.25, 0.3) is 0 Å². The predicted molar refractivity (Wildman–Crippen MR) is 98.4 cm³/mol. The predicted octanol–water partition coefficient (Wildman–Crippen LogP) is 2.14. The first kappa shape index (κ1) is 19.6. The molecule has 1 amide bonds. The Hall–Kier alpha value is -2.77. The molecular formula is C18H26N4O4. The number of hydrogen-bond donors (Lipinski definition) is 2. The second-order valence-corrected chi connectivity index (χ2v) is 7.24. The highest BCUT2D eigenvalue weighted by molar-refractivity contribution is 5.99. The highest BCUT2D eigenvalue weighted by atomic mass is 16.7. The van der Waals surface area contributed by atoms with Crippen molar-refractivity contribution in [2.24, 2.45) is 10.9 Å². The lowest BCUT2D eigenvalue weighted by molar-refractivity contribution is -0.148. The summed E-state index contributed by atoms with van der Waals surface area (Å²) in [5.74, 6) is -0.595. The topological polar surface area (TPSA) is 120 Å². The fourth-order valence-electron chi connectivity index (χ4n) is 2.69. The molecule has 0 bridgehead atoms. The average Bonchev–Trinajstić information content (AvgIpc) is 3.03. The molecule has 0 saturated carbocycles. The molecule has 2 rings (SSSR count). The van der Waals surface area contributed by atoms with E-state index in [1.165, 1.54) is 4.90 Å². The Morgan fingerprint density at radius 1 is 1.31 bits per heavy atom. The van der Waals surface area contributed by atoms with E-state index < -0.39 is 23.7 Å². The van der Waals surface area contributed by atoms with Gasteiger partial charge in [0.05, 0.1) is 0 Å². The van der Waals surface area contributed by atoms with Crippen molar-refractivity contribution in [3.05, 3.63) is 29.3 Å². The standard InChI is InChI=1S/C18H26N4O4/c1-11-12(7-5-8-13(11)19)15(20)21-26-16(23)14-9-6-10-22(14)17(24)25-18(2,3)4/h5,7-8,14H,6,9-10,19H2,1-4H3,(H2,20,21)/t14-/m0/s1. The zero-order valence-corrected chi connectivity index (χ0v) is 15.6. The summed E-state index contributed by atoms with van der Waals surface area (Å²) in [4.78, 5) is 30.9. The molecule has 1 aromatic carbocycles. The number of amides is 1. The van der Waals surface area contributed by atoms with E-state index in [1.54, 1.807) is 45.9 Å². The molecule has 1 aliphatic rings. The number of nitrogens with two attached hydrogens (primary N) is 2. The van der Waals surface area contributed by atoms with Gasteiger partial charge < -0.3 is 21.0 Å². The van der Waals surface area contributed by atoms with Gasteiger partial charge in [0.25, 0.3) is 0 Å². The fraction of sp³-hybridized carbons (Fsp3) is 0.500. The highest BCUT2D eigenvalue weighted by Crippen LogP contribution is 2.22. The second kappa shape index (κ2) is 7.63. The first-order valence-electron chi connectivity index (χ1n) is 8.49. The van der Waals surface area contributed by atoms with Crippen molar-refractivity contribution in [1.29, 1.82) is 0 Å². The molecule has 1 fully saturated rings. The van der Waals surface area contributed by atoms with Crippen LogP contribution in [-0.4, -0.2) is 41.0 Å². The van der Waals surface area contributed by atoms with Gasteiger partial charge in [0.2, 0.25) is 0 Å². The van der Waals surface area contributed by atoms with Crippen LogP contribution in [0.1, 0.15) is 44.7 Å². The van der Waals surface area contributed by atoms with Crippen LogP contribution in [0.5, 0.6) is 0 Å². The number of nitrogen functional groups attached to an aromatic ring is 1. The number of nitrogens with zero attached hydrogens (tertiary/aromatic N) is 2. The van der Waals surface area contributed by atoms with E-state index >= 15 is 0 Å². The minimum atomic E-state index is -0.733. The lowest BCUT2D eigenvalue weighted by Crippen LogP contribution is -2.43. The van der Waals surface area contributed by atoms with Crippen LogP contribution < -0.4 is 11.5 Å². The molecule has 26 heavy (non-hydrogen) atoms. The van der Waals surface area contributed by atoms with E-state index in [0.29, 0.717) is 30.6 Å². The smallest absolute Gasteiger partial charge is 0.411 e. The molecule has 8 nitrogen and oxygen atoms in total. The number of anilines is 1. The van der Waals surface area contributed by atoms with Crippen molar-refractivity contribution in [3.63, 3.8) is 0 Å². The van der Waals surface area contributed by atoms with Gasteiger partial charge >= 0.3 is 12.1 Å². The molecule has 1 heterocycles. The fourth-order valence-corrected chi connectivity index (χ4v) is 2.69. The summed E-state index contributed by atoms with van der Waals surface area (Å²) in [6.07, 6.45) is 0.637. The van der Waals surface area contributed by atoms with E-state index in [4.69, 9.17) is 21.0 Å². The van der Waals surface area contributed by atoms with Crippen molar-refractivity contribution < 1.29 is 19.2 Å². The summed E-state index contributed by atoms with van der Waals surface area (Å²) >= 11 is 0. The molecule has 1 aromatic rings. The molecule has 8 heteroatoms. The Morgan fingerprint density at radius 3 is 2.65 bits per heavy atom. The Labute approximate surface area is 153 Å². The van der Waals surface area contributed by atoms with Crippen LogP contribution in [0.2, 0.25) is 0 Å². The normalized spacial score (nSPS) is 17.9. The molecule has 1 saturated heterocycles. The van der Waals surface area contributed by atoms with Crippen molar-refractivity contribution in [3.8, 4) is 0 Å². The number of amidine groups is 1. The Bertz CT molecular complexity index is 724. The molecule has 0 aliphatic carbocycles. The summed E-state index contributed by atoms with van der Waals surface area (Å²) in [6, 6.07) is 4.49. The van der Waals surface area contributed by atoms with Gasteiger partial charge in [0.15, 0.2) is 5.84 Å². The summed E-state index contributed by atoms with van der Waals surface area (Å²) in [5, 5.41) is 3.72. The third-order valence-electron chi connectivity index (χ3n) is 4.04. The molecule has 0 aromatic heterocycles. The molecule has 0 unspecified atom stereocenters. The number of oxime groups is 1. The van der Waals surface area contributed by atoms with Crippen LogP contribution in [0.15, 0.2) is 23.4 Å². The van der Waals surface area contributed by atoms with Crippen LogP contribution in [-0.2, 0) is 14.4 Å². The Kier molecular flexibility index (Phi) is 5.74. The number of carbonyl (C=O) groups is 2. The molecule has 1 atom stereocenters. The SMILES string of the molecule is Cc1c(N)cccc1/C(N)=N/OC(=O)[C@@H]1CCCN1C(=O)OC(C)(C)C. The second-order valence-electron chi connectivity index (χ2n) is 7.24. The number of hydrogen-bond acceptors (Lipinski definition) is 6. The van der Waals surface area contributed by atoms with Crippen molar-refractivity contribution in [2.45, 2.75) is 52.2 Å². The maximum atomic E-state index is 12.4. The average molecular weight is 362 g/mol. The molecule has 0 spiro atoms. The zero-order chi connectivity index (χ0) is 19.5. The molecule has 0 radical (unpaired) electrons. The number of carbonyl (C=O) groups excluding carboxylic acids is 2. The minimum Gasteiger partial charge on any atom is -0.444 e. The number of ether oxygens (including phenoxy) is 1. The van der Waals surface area contributed by atoms with Crippen LogP contribution >= 0.6 is 0 Å². The zero-order valence-electron chi connectivity index (χ0n) is 15.6. The van der Waals surface area contributed by atoms with Crippen LogP contribution in [0.4, 0.5) is 10.5 Å².